The lowest BCUT2D eigenvalue weighted by atomic mass is 10.1. The number of carboxylic acid groups (broad SMARTS) is 1. The molecule has 0 spiro atoms. The van der Waals surface area contributed by atoms with Gasteiger partial charge in [0.25, 0.3) is 0 Å². The second-order valence-electron chi connectivity index (χ2n) is 2.81. The highest BCUT2D eigenvalue weighted by Gasteiger charge is 2.20. The molecule has 1 aromatic rings. The Morgan fingerprint density at radius 3 is 2.73 bits per heavy atom. The van der Waals surface area contributed by atoms with Crippen LogP contribution in [-0.2, 0) is 4.79 Å². The quantitative estimate of drug-likeness (QED) is 0.760. The maximum atomic E-state index is 10.6. The molecule has 0 heterocycles. The van der Waals surface area contributed by atoms with Gasteiger partial charge in [0, 0.05) is 5.56 Å². The molecule has 5 nitrogen and oxygen atoms in total. The molecule has 0 aliphatic rings. The first-order chi connectivity index (χ1) is 7.10. The molecule has 0 aliphatic heterocycles. The van der Waals surface area contributed by atoms with Crippen LogP contribution < -0.4 is 4.74 Å². The summed E-state index contributed by atoms with van der Waals surface area (Å²) in [6.07, 6.45) is -1.69. The Morgan fingerprint density at radius 1 is 1.60 bits per heavy atom. The van der Waals surface area contributed by atoms with Crippen molar-refractivity contribution in [1.82, 2.24) is 0 Å². The molecule has 1 rings (SSSR count). The van der Waals surface area contributed by atoms with E-state index in [1.165, 1.54) is 25.3 Å². The number of nitrogens with zero attached hydrogens (tertiary/aromatic N) is 1. The number of hydrogen-bond donors (Lipinski definition) is 2. The largest absolute Gasteiger partial charge is 0.496 e. The minimum atomic E-state index is -1.69. The zero-order chi connectivity index (χ0) is 11.4. The first-order valence-corrected chi connectivity index (χ1v) is 4.09. The van der Waals surface area contributed by atoms with E-state index in [4.69, 9.17) is 15.1 Å². The molecule has 78 valence electrons. The first-order valence-electron chi connectivity index (χ1n) is 4.09. The number of ether oxygens (including phenoxy) is 1. The molecule has 0 aliphatic carbocycles. The van der Waals surface area contributed by atoms with E-state index in [1.807, 2.05) is 6.07 Å². The van der Waals surface area contributed by atoms with E-state index in [0.717, 1.165) is 0 Å². The van der Waals surface area contributed by atoms with Crippen molar-refractivity contribution in [1.29, 1.82) is 5.26 Å². The van der Waals surface area contributed by atoms with Gasteiger partial charge < -0.3 is 14.9 Å². The van der Waals surface area contributed by atoms with Gasteiger partial charge in [-0.25, -0.2) is 4.79 Å². The van der Waals surface area contributed by atoms with E-state index in [9.17, 15) is 9.90 Å². The van der Waals surface area contributed by atoms with Crippen molar-refractivity contribution in [2.45, 2.75) is 6.10 Å². The fraction of sp³-hybridized carbons (Fsp3) is 0.200. The van der Waals surface area contributed by atoms with Crippen molar-refractivity contribution in [3.63, 3.8) is 0 Å². The summed E-state index contributed by atoms with van der Waals surface area (Å²) in [6, 6.07) is 6.07. The molecule has 0 amide bonds. The van der Waals surface area contributed by atoms with Crippen molar-refractivity contribution >= 4 is 5.97 Å². The van der Waals surface area contributed by atoms with Gasteiger partial charge in [-0.05, 0) is 18.2 Å². The van der Waals surface area contributed by atoms with Gasteiger partial charge in [-0.2, -0.15) is 5.26 Å². The average Bonchev–Trinajstić information content (AvgIpc) is 2.27. The van der Waals surface area contributed by atoms with E-state index < -0.39 is 12.1 Å². The number of nitriles is 1. The molecule has 1 atom stereocenters. The van der Waals surface area contributed by atoms with Crippen LogP contribution in [0.2, 0.25) is 0 Å². The Hall–Kier alpha value is -2.06. The van der Waals surface area contributed by atoms with Crippen LogP contribution in [0.1, 0.15) is 17.2 Å². The highest BCUT2D eigenvalue weighted by molar-refractivity contribution is 5.75. The Balaban J connectivity index is 3.24. The molecule has 0 saturated carbocycles. The van der Waals surface area contributed by atoms with Crippen molar-refractivity contribution in [3.05, 3.63) is 29.3 Å². The molecule has 15 heavy (non-hydrogen) atoms. The summed E-state index contributed by atoms with van der Waals surface area (Å²) in [5.41, 5.74) is 0.343. The molecule has 1 aromatic carbocycles. The summed E-state index contributed by atoms with van der Waals surface area (Å²) in [7, 11) is 1.36. The second kappa shape index (κ2) is 4.44. The van der Waals surface area contributed by atoms with Crippen LogP contribution in [0, 0.1) is 11.3 Å². The lowest BCUT2D eigenvalue weighted by Gasteiger charge is -2.11. The van der Waals surface area contributed by atoms with Crippen molar-refractivity contribution in [2.24, 2.45) is 0 Å². The lowest BCUT2D eigenvalue weighted by molar-refractivity contribution is -0.147. The fourth-order valence-electron chi connectivity index (χ4n) is 1.15. The number of hydrogen-bond acceptors (Lipinski definition) is 4. The normalized spacial score (nSPS) is 11.5. The van der Waals surface area contributed by atoms with Gasteiger partial charge >= 0.3 is 5.97 Å². The van der Waals surface area contributed by atoms with Crippen LogP contribution in [-0.4, -0.2) is 23.3 Å². The zero-order valence-electron chi connectivity index (χ0n) is 7.97. The Morgan fingerprint density at radius 2 is 2.27 bits per heavy atom. The van der Waals surface area contributed by atoms with E-state index in [1.54, 1.807) is 0 Å². The monoisotopic (exact) mass is 207 g/mol. The van der Waals surface area contributed by atoms with Gasteiger partial charge in [0.15, 0.2) is 6.10 Å². The Bertz CT molecular complexity index is 422. The Labute approximate surface area is 86.1 Å². The van der Waals surface area contributed by atoms with Crippen LogP contribution in [0.25, 0.3) is 0 Å². The minimum absolute atomic E-state index is 0.0732. The topological polar surface area (TPSA) is 90.5 Å². The highest BCUT2D eigenvalue weighted by Crippen LogP contribution is 2.26. The molecular weight excluding hydrogens is 198 g/mol. The summed E-state index contributed by atoms with van der Waals surface area (Å²) >= 11 is 0. The molecule has 0 saturated heterocycles. The van der Waals surface area contributed by atoms with E-state index >= 15 is 0 Å². The maximum Gasteiger partial charge on any atom is 0.337 e. The first kappa shape index (κ1) is 11.0. The van der Waals surface area contributed by atoms with Gasteiger partial charge in [-0.15, -0.1) is 0 Å². The number of rotatable bonds is 3. The average molecular weight is 207 g/mol. The second-order valence-corrected chi connectivity index (χ2v) is 2.81. The molecule has 0 aromatic heterocycles. The number of aliphatic carboxylic acids is 1. The van der Waals surface area contributed by atoms with Gasteiger partial charge in [-0.3, -0.25) is 0 Å². The van der Waals surface area contributed by atoms with Gasteiger partial charge in [0.05, 0.1) is 18.7 Å². The summed E-state index contributed by atoms with van der Waals surface area (Å²) in [5, 5.41) is 26.6. The summed E-state index contributed by atoms with van der Waals surface area (Å²) in [4.78, 5) is 10.6. The van der Waals surface area contributed by atoms with E-state index in [2.05, 4.69) is 0 Å². The van der Waals surface area contributed by atoms with Crippen molar-refractivity contribution in [2.75, 3.05) is 7.11 Å². The van der Waals surface area contributed by atoms with Crippen molar-refractivity contribution < 1.29 is 19.7 Å². The molecule has 0 radical (unpaired) electrons. The third-order valence-corrected chi connectivity index (χ3v) is 1.89. The van der Waals surface area contributed by atoms with Crippen LogP contribution in [0.5, 0.6) is 5.75 Å². The smallest absolute Gasteiger partial charge is 0.337 e. The lowest BCUT2D eigenvalue weighted by Crippen LogP contribution is -2.11. The zero-order valence-corrected chi connectivity index (χ0v) is 7.97. The molecule has 5 heteroatoms. The number of aliphatic hydroxyl groups excluding tert-OH is 1. The van der Waals surface area contributed by atoms with E-state index in [-0.39, 0.29) is 16.9 Å². The summed E-state index contributed by atoms with van der Waals surface area (Å²) in [6.45, 7) is 0. The van der Waals surface area contributed by atoms with E-state index in [0.29, 0.717) is 0 Å². The van der Waals surface area contributed by atoms with Crippen molar-refractivity contribution in [3.8, 4) is 11.8 Å². The molecule has 0 fully saturated rings. The SMILES string of the molecule is COc1ccc(C#N)cc1C(O)C(=O)O. The molecule has 1 unspecified atom stereocenters. The fourth-order valence-corrected chi connectivity index (χ4v) is 1.15. The van der Waals surface area contributed by atoms with Crippen LogP contribution >= 0.6 is 0 Å². The Kier molecular flexibility index (Phi) is 3.26. The summed E-state index contributed by atoms with van der Waals surface area (Å²) < 4.78 is 4.88. The predicted octanol–water partition coefficient (Wildman–Crippen LogP) is 0.685. The summed E-state index contributed by atoms with van der Waals surface area (Å²) in [5.74, 6) is -1.15. The number of benzene rings is 1. The minimum Gasteiger partial charge on any atom is -0.496 e. The van der Waals surface area contributed by atoms with Gasteiger partial charge in [-0.1, -0.05) is 0 Å². The van der Waals surface area contributed by atoms with Crippen LogP contribution in [0.15, 0.2) is 18.2 Å². The molecule has 2 N–H and O–H groups in total. The maximum absolute atomic E-state index is 10.6. The number of methoxy groups -OCH3 is 1. The highest BCUT2D eigenvalue weighted by atomic mass is 16.5. The third-order valence-electron chi connectivity index (χ3n) is 1.89. The standard InChI is InChI=1S/C10H9NO4/c1-15-8-3-2-6(5-11)4-7(8)9(12)10(13)14/h2-4,9,12H,1H3,(H,13,14). The van der Waals surface area contributed by atoms with Crippen LogP contribution in [0.4, 0.5) is 0 Å². The van der Waals surface area contributed by atoms with Crippen LogP contribution in [0.3, 0.4) is 0 Å². The number of carboxylic acids is 1. The number of carbonyl (C=O) groups is 1. The molecule has 0 bridgehead atoms. The molecular formula is C10H9NO4. The third kappa shape index (κ3) is 2.24. The van der Waals surface area contributed by atoms with Gasteiger partial charge in [0.1, 0.15) is 5.75 Å². The number of aliphatic hydroxyl groups is 1. The predicted molar refractivity (Wildman–Crippen MR) is 50.3 cm³/mol. The van der Waals surface area contributed by atoms with Gasteiger partial charge in [0.2, 0.25) is 0 Å².